The van der Waals surface area contributed by atoms with Gasteiger partial charge in [-0.05, 0) is 56.5 Å². The van der Waals surface area contributed by atoms with Crippen LogP contribution in [0.15, 0.2) is 48.5 Å². The molecule has 0 spiro atoms. The van der Waals surface area contributed by atoms with Crippen LogP contribution in [0.4, 0.5) is 5.13 Å². The van der Waals surface area contributed by atoms with E-state index in [2.05, 4.69) is 27.3 Å². The number of piperidine rings is 1. The largest absolute Gasteiger partial charge is 0.299 e. The summed E-state index contributed by atoms with van der Waals surface area (Å²) in [6.45, 7) is 7.64. The van der Waals surface area contributed by atoms with Crippen molar-refractivity contribution in [3.8, 4) is 10.6 Å². The number of hydrogen-bond acceptors (Lipinski definition) is 5. The van der Waals surface area contributed by atoms with Crippen molar-refractivity contribution in [1.29, 1.82) is 0 Å². The van der Waals surface area contributed by atoms with Crippen LogP contribution in [0, 0.1) is 12.8 Å². The minimum atomic E-state index is -0.157. The molecule has 1 saturated heterocycles. The first kappa shape index (κ1) is 19.7. The monoisotopic (exact) mass is 406 g/mol. The highest BCUT2D eigenvalue weighted by atomic mass is 32.1. The van der Waals surface area contributed by atoms with E-state index in [1.807, 2.05) is 55.5 Å². The van der Waals surface area contributed by atoms with Crippen molar-refractivity contribution in [2.45, 2.75) is 33.2 Å². The molecule has 0 bridgehead atoms. The number of likely N-dealkylation sites (tertiary alicyclic amines) is 1. The van der Waals surface area contributed by atoms with Gasteiger partial charge >= 0.3 is 0 Å². The first-order valence-electron chi connectivity index (χ1n) is 10.1. The maximum atomic E-state index is 12.6. The van der Waals surface area contributed by atoms with Crippen LogP contribution in [0.3, 0.4) is 0 Å². The van der Waals surface area contributed by atoms with Crippen LogP contribution in [0.1, 0.15) is 41.3 Å². The molecule has 4 rings (SSSR count). The Morgan fingerprint density at radius 2 is 1.76 bits per heavy atom. The zero-order valence-corrected chi connectivity index (χ0v) is 17.7. The molecule has 150 valence electrons. The van der Waals surface area contributed by atoms with Gasteiger partial charge in [0.15, 0.2) is 0 Å². The van der Waals surface area contributed by atoms with Gasteiger partial charge in [-0.3, -0.25) is 15.0 Å². The molecule has 1 amide bonds. The lowest BCUT2D eigenvalue weighted by Gasteiger charge is -2.30. The molecule has 2 heterocycles. The summed E-state index contributed by atoms with van der Waals surface area (Å²) in [5.41, 5.74) is 4.08. The molecule has 1 aromatic heterocycles. The van der Waals surface area contributed by atoms with E-state index in [-0.39, 0.29) is 5.91 Å². The number of aromatic nitrogens is 2. The molecule has 3 aromatic rings. The van der Waals surface area contributed by atoms with Crippen LogP contribution >= 0.6 is 11.3 Å². The van der Waals surface area contributed by atoms with Crippen molar-refractivity contribution in [2.24, 2.45) is 5.92 Å². The van der Waals surface area contributed by atoms with E-state index < -0.39 is 0 Å². The van der Waals surface area contributed by atoms with Crippen LogP contribution in [-0.4, -0.2) is 34.1 Å². The number of hydrogen-bond donors (Lipinski definition) is 1. The number of nitrogens with one attached hydrogen (secondary N) is 1. The van der Waals surface area contributed by atoms with Gasteiger partial charge in [0.05, 0.1) is 0 Å². The van der Waals surface area contributed by atoms with Gasteiger partial charge in [-0.15, -0.1) is 10.2 Å². The fraction of sp³-hybridized carbons (Fsp3) is 0.348. The molecule has 0 atom stereocenters. The first-order chi connectivity index (χ1) is 14.1. The quantitative estimate of drug-likeness (QED) is 0.648. The highest BCUT2D eigenvalue weighted by molar-refractivity contribution is 7.18. The summed E-state index contributed by atoms with van der Waals surface area (Å²) >= 11 is 1.38. The second-order valence-corrected chi connectivity index (χ2v) is 8.87. The van der Waals surface area contributed by atoms with Crippen LogP contribution in [0.2, 0.25) is 0 Å². The summed E-state index contributed by atoms with van der Waals surface area (Å²) in [7, 11) is 0. The number of anilines is 1. The maximum Gasteiger partial charge on any atom is 0.257 e. The molecule has 1 aliphatic rings. The lowest BCUT2D eigenvalue weighted by atomic mass is 9.99. The standard InChI is InChI=1S/C23H26N4OS/c1-16-3-7-20(8-4-16)22-25-26-23(29-22)24-21(28)19-9-5-18(6-10-19)15-27-13-11-17(2)12-14-27/h3-10,17H,11-15H2,1-2H3,(H,24,26,28). The number of carbonyl (C=O) groups is 1. The number of carbonyl (C=O) groups excluding carboxylic acids is 1. The maximum absolute atomic E-state index is 12.6. The Balaban J connectivity index is 1.35. The molecule has 2 aromatic carbocycles. The van der Waals surface area contributed by atoms with Crippen molar-refractivity contribution in [3.05, 3.63) is 65.2 Å². The van der Waals surface area contributed by atoms with Gasteiger partial charge in [0.25, 0.3) is 5.91 Å². The Morgan fingerprint density at radius 3 is 2.45 bits per heavy atom. The van der Waals surface area contributed by atoms with Crippen molar-refractivity contribution in [2.75, 3.05) is 18.4 Å². The van der Waals surface area contributed by atoms with E-state index >= 15 is 0 Å². The first-order valence-corrected chi connectivity index (χ1v) is 10.9. The Morgan fingerprint density at radius 1 is 1.07 bits per heavy atom. The molecule has 6 heteroatoms. The van der Waals surface area contributed by atoms with Gasteiger partial charge in [0, 0.05) is 17.7 Å². The van der Waals surface area contributed by atoms with Crippen LogP contribution in [0.25, 0.3) is 10.6 Å². The lowest BCUT2D eigenvalue weighted by molar-refractivity contribution is 0.102. The SMILES string of the molecule is Cc1ccc(-c2nnc(NC(=O)c3ccc(CN4CCC(C)CC4)cc3)s2)cc1. The molecule has 1 N–H and O–H groups in total. The molecule has 0 radical (unpaired) electrons. The van der Waals surface area contributed by atoms with E-state index in [0.717, 1.165) is 36.1 Å². The molecular weight excluding hydrogens is 380 g/mol. The minimum Gasteiger partial charge on any atom is -0.299 e. The number of aryl methyl sites for hydroxylation is 1. The van der Waals surface area contributed by atoms with E-state index in [1.54, 1.807) is 0 Å². The summed E-state index contributed by atoms with van der Waals surface area (Å²) in [4.78, 5) is 15.0. The van der Waals surface area contributed by atoms with Crippen molar-refractivity contribution in [1.82, 2.24) is 15.1 Å². The topological polar surface area (TPSA) is 58.1 Å². The smallest absolute Gasteiger partial charge is 0.257 e. The average Bonchev–Trinajstić information content (AvgIpc) is 3.19. The number of benzene rings is 2. The molecular formula is C23H26N4OS. The van der Waals surface area contributed by atoms with Gasteiger partial charge in [0.2, 0.25) is 5.13 Å². The number of rotatable bonds is 5. The highest BCUT2D eigenvalue weighted by Crippen LogP contribution is 2.27. The summed E-state index contributed by atoms with van der Waals surface area (Å²) in [5.74, 6) is 0.680. The van der Waals surface area contributed by atoms with E-state index in [9.17, 15) is 4.79 Å². The van der Waals surface area contributed by atoms with Crippen LogP contribution in [-0.2, 0) is 6.54 Å². The number of amides is 1. The Kier molecular flexibility index (Phi) is 6.02. The van der Waals surface area contributed by atoms with Crippen LogP contribution < -0.4 is 5.32 Å². The third-order valence-electron chi connectivity index (χ3n) is 5.44. The lowest BCUT2D eigenvalue weighted by Crippen LogP contribution is -2.32. The third-order valence-corrected chi connectivity index (χ3v) is 6.33. The van der Waals surface area contributed by atoms with Crippen molar-refractivity contribution >= 4 is 22.4 Å². The predicted octanol–water partition coefficient (Wildman–Crippen LogP) is 5.00. The zero-order chi connectivity index (χ0) is 20.2. The predicted molar refractivity (Wildman–Crippen MR) is 118 cm³/mol. The van der Waals surface area contributed by atoms with Gasteiger partial charge in [-0.2, -0.15) is 0 Å². The summed E-state index contributed by atoms with van der Waals surface area (Å²) in [6, 6.07) is 16.0. The van der Waals surface area contributed by atoms with Crippen molar-refractivity contribution < 1.29 is 4.79 Å². The highest BCUT2D eigenvalue weighted by Gasteiger charge is 2.16. The molecule has 0 unspecified atom stereocenters. The van der Waals surface area contributed by atoms with Gasteiger partial charge in [-0.1, -0.05) is 60.2 Å². The third kappa shape index (κ3) is 5.08. The second-order valence-electron chi connectivity index (χ2n) is 7.89. The summed E-state index contributed by atoms with van der Waals surface area (Å²) in [6.07, 6.45) is 2.54. The minimum absolute atomic E-state index is 0.157. The summed E-state index contributed by atoms with van der Waals surface area (Å²) < 4.78 is 0. The Hall–Kier alpha value is -2.57. The summed E-state index contributed by atoms with van der Waals surface area (Å²) in [5, 5.41) is 12.5. The van der Waals surface area contributed by atoms with E-state index in [1.165, 1.54) is 35.3 Å². The molecule has 0 aliphatic carbocycles. The number of nitrogens with zero attached hydrogens (tertiary/aromatic N) is 3. The van der Waals surface area contributed by atoms with E-state index in [0.29, 0.717) is 10.7 Å². The fourth-order valence-electron chi connectivity index (χ4n) is 3.50. The van der Waals surface area contributed by atoms with Crippen LogP contribution in [0.5, 0.6) is 0 Å². The molecule has 0 saturated carbocycles. The normalized spacial score (nSPS) is 15.4. The average molecular weight is 407 g/mol. The molecule has 29 heavy (non-hydrogen) atoms. The fourth-order valence-corrected chi connectivity index (χ4v) is 4.24. The second kappa shape index (κ2) is 8.84. The molecule has 5 nitrogen and oxygen atoms in total. The van der Waals surface area contributed by atoms with Gasteiger partial charge in [-0.25, -0.2) is 0 Å². The van der Waals surface area contributed by atoms with Crippen molar-refractivity contribution in [3.63, 3.8) is 0 Å². The Bertz CT molecular complexity index is 957. The molecule has 1 fully saturated rings. The van der Waals surface area contributed by atoms with Gasteiger partial charge in [0.1, 0.15) is 5.01 Å². The zero-order valence-electron chi connectivity index (χ0n) is 16.9. The molecule has 1 aliphatic heterocycles. The van der Waals surface area contributed by atoms with E-state index in [4.69, 9.17) is 0 Å². The van der Waals surface area contributed by atoms with Gasteiger partial charge < -0.3 is 0 Å². The Labute approximate surface area is 175 Å².